The minimum Gasteiger partial charge on any atom is -0.387 e. The normalized spacial score (nSPS) is 17.5. The molecule has 0 spiro atoms. The molecule has 1 unspecified atom stereocenters. The first-order valence-corrected chi connectivity index (χ1v) is 10.2. The molecule has 3 aromatic rings. The summed E-state index contributed by atoms with van der Waals surface area (Å²) in [5.41, 5.74) is 3.25. The van der Waals surface area contributed by atoms with E-state index in [0.29, 0.717) is 34.9 Å². The first-order chi connectivity index (χ1) is 15.3. The number of rotatable bonds is 7. The Bertz CT molecular complexity index is 1160. The molecule has 0 aromatic carbocycles. The number of nitrogens with one attached hydrogen (secondary N) is 2. The van der Waals surface area contributed by atoms with Gasteiger partial charge in [0.2, 0.25) is 5.91 Å². The van der Waals surface area contributed by atoms with Gasteiger partial charge in [-0.2, -0.15) is 0 Å². The molecule has 8 nitrogen and oxygen atoms in total. The summed E-state index contributed by atoms with van der Waals surface area (Å²) in [4.78, 5) is 28.9. The molecule has 0 radical (unpaired) electrons. The van der Waals surface area contributed by atoms with Gasteiger partial charge in [-0.3, -0.25) is 9.78 Å². The monoisotopic (exact) mass is 440 g/mol. The van der Waals surface area contributed by atoms with Crippen molar-refractivity contribution >= 4 is 23.2 Å². The predicted molar refractivity (Wildman–Crippen MR) is 114 cm³/mol. The van der Waals surface area contributed by atoms with E-state index in [4.69, 9.17) is 0 Å². The van der Waals surface area contributed by atoms with Crippen molar-refractivity contribution in [1.82, 2.24) is 19.9 Å². The summed E-state index contributed by atoms with van der Waals surface area (Å²) < 4.78 is 26.3. The standard InChI is InChI=1S/C22H22F2N6O2/c1-3-18(31)16-7-12(2)17(10-26-16)29-20-13(5-4-6-25-20)15-8-19(28-11-27-15)30-21(32)14-9-22(14,23)24/h4-8,10-11,14,18,31H,3,9H2,1-2H3,(H,25,29)(H,27,28,30,32)/t14-,18?/m1/s1. The van der Waals surface area contributed by atoms with Gasteiger partial charge in [0.25, 0.3) is 5.92 Å². The van der Waals surface area contributed by atoms with E-state index in [9.17, 15) is 18.7 Å². The maximum Gasteiger partial charge on any atom is 0.260 e. The van der Waals surface area contributed by atoms with Gasteiger partial charge in [0.1, 0.15) is 23.9 Å². The van der Waals surface area contributed by atoms with Crippen molar-refractivity contribution in [2.75, 3.05) is 10.6 Å². The lowest BCUT2D eigenvalue weighted by molar-refractivity contribution is -0.119. The maximum atomic E-state index is 13.1. The van der Waals surface area contributed by atoms with Gasteiger partial charge in [-0.1, -0.05) is 6.92 Å². The second-order valence-corrected chi connectivity index (χ2v) is 7.67. The Morgan fingerprint density at radius 1 is 1.28 bits per heavy atom. The number of hydrogen-bond donors (Lipinski definition) is 3. The minimum absolute atomic E-state index is 0.133. The summed E-state index contributed by atoms with van der Waals surface area (Å²) in [5, 5.41) is 15.6. The number of amides is 1. The van der Waals surface area contributed by atoms with E-state index in [2.05, 4.69) is 30.6 Å². The fraction of sp³-hybridized carbons (Fsp3) is 0.318. The number of halogens is 2. The molecule has 2 atom stereocenters. The molecule has 3 heterocycles. The van der Waals surface area contributed by atoms with Crippen molar-refractivity contribution < 1.29 is 18.7 Å². The Balaban J connectivity index is 1.57. The zero-order valence-electron chi connectivity index (χ0n) is 17.5. The van der Waals surface area contributed by atoms with Crippen LogP contribution in [-0.2, 0) is 4.79 Å². The smallest absolute Gasteiger partial charge is 0.260 e. The van der Waals surface area contributed by atoms with Crippen LogP contribution >= 0.6 is 0 Å². The van der Waals surface area contributed by atoms with Gasteiger partial charge >= 0.3 is 0 Å². The van der Waals surface area contributed by atoms with Gasteiger partial charge in [-0.05, 0) is 37.1 Å². The van der Waals surface area contributed by atoms with Crippen LogP contribution in [0.2, 0.25) is 0 Å². The zero-order chi connectivity index (χ0) is 22.9. The van der Waals surface area contributed by atoms with Crippen LogP contribution in [-0.4, -0.2) is 36.9 Å². The van der Waals surface area contributed by atoms with Gasteiger partial charge in [-0.15, -0.1) is 0 Å². The number of anilines is 3. The van der Waals surface area contributed by atoms with Crippen molar-refractivity contribution in [3.05, 3.63) is 54.2 Å². The first kappa shape index (κ1) is 21.7. The number of aromatic nitrogens is 4. The van der Waals surface area contributed by atoms with E-state index in [0.717, 1.165) is 5.56 Å². The fourth-order valence-electron chi connectivity index (χ4n) is 3.22. The quantitative estimate of drug-likeness (QED) is 0.508. The molecule has 32 heavy (non-hydrogen) atoms. The van der Waals surface area contributed by atoms with Crippen LogP contribution in [0.1, 0.15) is 37.1 Å². The highest BCUT2D eigenvalue weighted by Crippen LogP contribution is 2.49. The Hall–Kier alpha value is -3.53. The molecule has 1 fully saturated rings. The molecule has 1 amide bonds. The molecule has 0 bridgehead atoms. The second-order valence-electron chi connectivity index (χ2n) is 7.67. The Morgan fingerprint density at radius 2 is 2.06 bits per heavy atom. The van der Waals surface area contributed by atoms with Crippen molar-refractivity contribution in [2.45, 2.75) is 38.7 Å². The summed E-state index contributed by atoms with van der Waals surface area (Å²) in [6.07, 6.45) is 3.98. The Morgan fingerprint density at radius 3 is 2.75 bits per heavy atom. The number of alkyl halides is 2. The van der Waals surface area contributed by atoms with Crippen LogP contribution in [0.15, 0.2) is 43.0 Å². The molecule has 1 aliphatic carbocycles. The third-order valence-corrected chi connectivity index (χ3v) is 5.26. The molecular formula is C22H22F2N6O2. The van der Waals surface area contributed by atoms with Gasteiger partial charge in [0, 0.05) is 24.2 Å². The zero-order valence-corrected chi connectivity index (χ0v) is 17.5. The fourth-order valence-corrected chi connectivity index (χ4v) is 3.22. The van der Waals surface area contributed by atoms with Crippen LogP contribution in [0.4, 0.5) is 26.1 Å². The third kappa shape index (κ3) is 4.54. The highest BCUT2D eigenvalue weighted by molar-refractivity contribution is 5.95. The molecule has 1 aliphatic rings. The molecule has 1 saturated carbocycles. The summed E-state index contributed by atoms with van der Waals surface area (Å²) in [5.74, 6) is -4.41. The Labute approximate surface area is 183 Å². The Kier molecular flexibility index (Phi) is 5.79. The van der Waals surface area contributed by atoms with E-state index in [-0.39, 0.29) is 5.82 Å². The van der Waals surface area contributed by atoms with Crippen LogP contribution < -0.4 is 10.6 Å². The van der Waals surface area contributed by atoms with E-state index in [1.807, 2.05) is 19.9 Å². The van der Waals surface area contributed by atoms with Crippen LogP contribution in [0, 0.1) is 12.8 Å². The number of aryl methyl sites for hydroxylation is 1. The molecule has 4 rings (SSSR count). The number of nitrogens with zero attached hydrogens (tertiary/aromatic N) is 4. The predicted octanol–water partition coefficient (Wildman–Crippen LogP) is 4.02. The average molecular weight is 440 g/mol. The molecule has 10 heteroatoms. The number of carbonyl (C=O) groups excluding carboxylic acids is 1. The lowest BCUT2D eigenvalue weighted by atomic mass is 10.1. The molecule has 3 aromatic heterocycles. The summed E-state index contributed by atoms with van der Waals surface area (Å²) in [6.45, 7) is 3.77. The van der Waals surface area contributed by atoms with Gasteiger partial charge in [-0.25, -0.2) is 23.7 Å². The van der Waals surface area contributed by atoms with E-state index >= 15 is 0 Å². The lowest BCUT2D eigenvalue weighted by Gasteiger charge is -2.14. The topological polar surface area (TPSA) is 113 Å². The minimum atomic E-state index is -2.95. The van der Waals surface area contributed by atoms with Crippen molar-refractivity contribution in [3.63, 3.8) is 0 Å². The van der Waals surface area contributed by atoms with E-state index < -0.39 is 30.3 Å². The third-order valence-electron chi connectivity index (χ3n) is 5.26. The average Bonchev–Trinajstić information content (AvgIpc) is 3.43. The summed E-state index contributed by atoms with van der Waals surface area (Å²) in [7, 11) is 0. The van der Waals surface area contributed by atoms with E-state index in [1.165, 1.54) is 12.4 Å². The molecule has 0 saturated heterocycles. The number of aliphatic hydroxyl groups excluding tert-OH is 1. The highest BCUT2D eigenvalue weighted by atomic mass is 19.3. The van der Waals surface area contributed by atoms with Crippen LogP contribution in [0.5, 0.6) is 0 Å². The number of pyridine rings is 2. The molecule has 3 N–H and O–H groups in total. The van der Waals surface area contributed by atoms with E-state index in [1.54, 1.807) is 24.5 Å². The maximum absolute atomic E-state index is 13.1. The van der Waals surface area contributed by atoms with Gasteiger partial charge in [0.15, 0.2) is 0 Å². The SMILES string of the molecule is CCC(O)c1cc(C)c(Nc2ncccc2-c2cc(NC(=O)[C@H]3CC3(F)F)ncn2)cn1. The highest BCUT2D eigenvalue weighted by Gasteiger charge is 2.61. The van der Waals surface area contributed by atoms with Crippen molar-refractivity contribution in [3.8, 4) is 11.3 Å². The van der Waals surface area contributed by atoms with Crippen LogP contribution in [0.3, 0.4) is 0 Å². The van der Waals surface area contributed by atoms with Crippen LogP contribution in [0.25, 0.3) is 11.3 Å². The van der Waals surface area contributed by atoms with Crippen molar-refractivity contribution in [2.24, 2.45) is 5.92 Å². The number of hydrogen-bond acceptors (Lipinski definition) is 7. The van der Waals surface area contributed by atoms with Gasteiger partial charge < -0.3 is 15.7 Å². The molecule has 166 valence electrons. The summed E-state index contributed by atoms with van der Waals surface area (Å²) >= 11 is 0. The summed E-state index contributed by atoms with van der Waals surface area (Å²) in [6, 6.07) is 6.84. The second kappa shape index (κ2) is 8.54. The largest absolute Gasteiger partial charge is 0.387 e. The first-order valence-electron chi connectivity index (χ1n) is 10.2. The number of carbonyl (C=O) groups is 1. The lowest BCUT2D eigenvalue weighted by Crippen LogP contribution is -2.18. The van der Waals surface area contributed by atoms with Crippen molar-refractivity contribution in [1.29, 1.82) is 0 Å². The molecule has 0 aliphatic heterocycles. The molecular weight excluding hydrogens is 418 g/mol. The van der Waals surface area contributed by atoms with Gasteiger partial charge in [0.05, 0.1) is 29.4 Å². The number of aliphatic hydroxyl groups is 1.